The molecule has 5 heteroatoms. The van der Waals surface area contributed by atoms with E-state index in [0.717, 1.165) is 68.0 Å². The number of benzene rings is 1. The Hall–Kier alpha value is -2.11. The van der Waals surface area contributed by atoms with Crippen LogP contribution in [-0.4, -0.2) is 45.3 Å². The molecule has 0 aliphatic carbocycles. The van der Waals surface area contributed by atoms with Gasteiger partial charge in [-0.25, -0.2) is 4.98 Å². The van der Waals surface area contributed by atoms with E-state index in [1.807, 2.05) is 30.6 Å². The number of aliphatic hydroxyl groups excluding tert-OH is 1. The monoisotopic (exact) mass is 325 g/mol. The number of β-amino-alcohol motifs (C(OH)–C–C–N with tert-alkyl or cyclic N) is 1. The number of likely N-dealkylation sites (tertiary alicyclic amines) is 1. The number of hydrogen-bond acceptors (Lipinski definition) is 4. The van der Waals surface area contributed by atoms with Crippen LogP contribution in [-0.2, 0) is 6.54 Å². The predicted octanol–water partition coefficient (Wildman–Crippen LogP) is 3.14. The minimum atomic E-state index is -0.155. The maximum atomic E-state index is 9.76. The Morgan fingerprint density at radius 3 is 3.04 bits per heavy atom. The molecule has 1 aromatic carbocycles. The Morgan fingerprint density at radius 2 is 2.17 bits per heavy atom. The Labute approximate surface area is 141 Å². The summed E-state index contributed by atoms with van der Waals surface area (Å²) in [5, 5.41) is 10.9. The van der Waals surface area contributed by atoms with Gasteiger partial charge in [-0.3, -0.25) is 0 Å². The van der Waals surface area contributed by atoms with Crippen molar-refractivity contribution in [1.29, 1.82) is 0 Å². The molecule has 1 aliphatic heterocycles. The molecule has 0 bridgehead atoms. The van der Waals surface area contributed by atoms with Gasteiger partial charge in [0, 0.05) is 30.9 Å². The summed E-state index contributed by atoms with van der Waals surface area (Å²) in [4.78, 5) is 6.83. The van der Waals surface area contributed by atoms with Crippen molar-refractivity contribution in [3.05, 3.63) is 42.7 Å². The average molecular weight is 325 g/mol. The lowest BCUT2D eigenvalue weighted by atomic mass is 10.1. The van der Waals surface area contributed by atoms with Crippen LogP contribution >= 0.6 is 0 Å². The summed E-state index contributed by atoms with van der Waals surface area (Å²) in [6.45, 7) is 3.81. The number of furan rings is 1. The smallest absolute Gasteiger partial charge is 0.176 e. The van der Waals surface area contributed by atoms with Crippen molar-refractivity contribution in [2.75, 3.05) is 19.6 Å². The number of nitrogens with zero attached hydrogens (tertiary/aromatic N) is 3. The molecule has 24 heavy (non-hydrogen) atoms. The number of fused-ring (bicyclic) bond motifs is 1. The number of aromatic nitrogens is 2. The summed E-state index contributed by atoms with van der Waals surface area (Å²) in [7, 11) is 0. The van der Waals surface area contributed by atoms with Crippen LogP contribution in [0.25, 0.3) is 22.6 Å². The van der Waals surface area contributed by atoms with E-state index in [0.29, 0.717) is 0 Å². The number of piperidine rings is 1. The second-order valence-electron chi connectivity index (χ2n) is 6.54. The highest BCUT2D eigenvalue weighted by molar-refractivity contribution is 5.81. The first-order valence-corrected chi connectivity index (χ1v) is 8.70. The van der Waals surface area contributed by atoms with Gasteiger partial charge in [-0.15, -0.1) is 0 Å². The zero-order valence-electron chi connectivity index (χ0n) is 13.8. The van der Waals surface area contributed by atoms with Crippen LogP contribution in [0, 0.1) is 0 Å². The number of hydrogen-bond donors (Lipinski definition) is 1. The van der Waals surface area contributed by atoms with E-state index in [1.54, 1.807) is 0 Å². The molecule has 126 valence electrons. The van der Waals surface area contributed by atoms with Gasteiger partial charge in [0.25, 0.3) is 0 Å². The highest BCUT2D eigenvalue weighted by Gasteiger charge is 2.17. The fourth-order valence-corrected chi connectivity index (χ4v) is 3.51. The highest BCUT2D eigenvalue weighted by atomic mass is 16.3. The van der Waals surface area contributed by atoms with Crippen molar-refractivity contribution >= 4 is 11.0 Å². The molecule has 1 saturated heterocycles. The minimum absolute atomic E-state index is 0.155. The fraction of sp³-hybridized carbons (Fsp3) is 0.421. The Morgan fingerprint density at radius 1 is 1.25 bits per heavy atom. The first kappa shape index (κ1) is 15.4. The molecule has 2 aromatic heterocycles. The normalized spacial score (nSPS) is 19.1. The number of aliphatic hydroxyl groups is 1. The third-order valence-electron chi connectivity index (χ3n) is 4.72. The molecule has 1 fully saturated rings. The van der Waals surface area contributed by atoms with Crippen molar-refractivity contribution < 1.29 is 9.52 Å². The van der Waals surface area contributed by atoms with Crippen LogP contribution < -0.4 is 0 Å². The van der Waals surface area contributed by atoms with Gasteiger partial charge in [0.2, 0.25) is 0 Å². The second-order valence-corrected chi connectivity index (χ2v) is 6.54. The van der Waals surface area contributed by atoms with Crippen LogP contribution in [0.1, 0.15) is 19.3 Å². The Kier molecular flexibility index (Phi) is 4.36. The average Bonchev–Trinajstić information content (AvgIpc) is 3.21. The molecule has 5 nitrogen and oxygen atoms in total. The molecule has 0 amide bonds. The van der Waals surface area contributed by atoms with E-state index in [2.05, 4.69) is 26.6 Å². The van der Waals surface area contributed by atoms with E-state index in [1.165, 1.54) is 0 Å². The fourth-order valence-electron chi connectivity index (χ4n) is 3.51. The molecule has 1 N–H and O–H groups in total. The van der Waals surface area contributed by atoms with Crippen molar-refractivity contribution in [3.8, 4) is 11.6 Å². The summed E-state index contributed by atoms with van der Waals surface area (Å²) in [5.74, 6) is 1.69. The van der Waals surface area contributed by atoms with Gasteiger partial charge in [-0.2, -0.15) is 0 Å². The van der Waals surface area contributed by atoms with Gasteiger partial charge in [0.05, 0.1) is 6.10 Å². The molecular weight excluding hydrogens is 302 g/mol. The lowest BCUT2D eigenvalue weighted by Gasteiger charge is -2.29. The zero-order chi connectivity index (χ0) is 16.4. The van der Waals surface area contributed by atoms with Crippen molar-refractivity contribution in [2.45, 2.75) is 31.9 Å². The molecule has 0 saturated carbocycles. The molecule has 0 radical (unpaired) electrons. The van der Waals surface area contributed by atoms with Crippen LogP contribution in [0.4, 0.5) is 0 Å². The van der Waals surface area contributed by atoms with Gasteiger partial charge < -0.3 is 19.0 Å². The number of imidazole rings is 1. The maximum absolute atomic E-state index is 9.76. The molecule has 3 aromatic rings. The van der Waals surface area contributed by atoms with Gasteiger partial charge >= 0.3 is 0 Å². The van der Waals surface area contributed by atoms with Crippen molar-refractivity contribution in [2.24, 2.45) is 0 Å². The maximum Gasteiger partial charge on any atom is 0.176 e. The van der Waals surface area contributed by atoms with E-state index >= 15 is 0 Å². The van der Waals surface area contributed by atoms with Crippen LogP contribution in [0.5, 0.6) is 0 Å². The van der Waals surface area contributed by atoms with Crippen molar-refractivity contribution in [3.63, 3.8) is 0 Å². The quantitative estimate of drug-likeness (QED) is 0.783. The molecule has 3 heterocycles. The molecule has 0 unspecified atom stereocenters. The lowest BCUT2D eigenvalue weighted by Crippen LogP contribution is -2.38. The van der Waals surface area contributed by atoms with E-state index in [9.17, 15) is 5.11 Å². The lowest BCUT2D eigenvalue weighted by molar-refractivity contribution is 0.0695. The second kappa shape index (κ2) is 6.79. The SMILES string of the molecule is O[C@@H]1CCCN(CCCn2ccnc2-c2cc3ccccc3o2)C1. The third kappa shape index (κ3) is 3.23. The molecule has 1 atom stereocenters. The van der Waals surface area contributed by atoms with Gasteiger partial charge in [-0.05, 0) is 44.5 Å². The Balaban J connectivity index is 1.43. The third-order valence-corrected chi connectivity index (χ3v) is 4.72. The van der Waals surface area contributed by atoms with Crippen LogP contribution in [0.3, 0.4) is 0 Å². The zero-order valence-corrected chi connectivity index (χ0v) is 13.8. The van der Waals surface area contributed by atoms with E-state index < -0.39 is 0 Å². The number of aryl methyl sites for hydroxylation is 1. The Bertz CT molecular complexity index is 775. The predicted molar refractivity (Wildman–Crippen MR) is 93.7 cm³/mol. The summed E-state index contributed by atoms with van der Waals surface area (Å²) in [5.41, 5.74) is 0.893. The van der Waals surface area contributed by atoms with Gasteiger partial charge in [0.1, 0.15) is 5.58 Å². The molecular formula is C19H23N3O2. The van der Waals surface area contributed by atoms with E-state index in [4.69, 9.17) is 4.42 Å². The first-order chi connectivity index (χ1) is 11.8. The molecule has 4 rings (SSSR count). The van der Waals surface area contributed by atoms with Crippen LogP contribution in [0.15, 0.2) is 47.1 Å². The van der Waals surface area contributed by atoms with Crippen molar-refractivity contribution in [1.82, 2.24) is 14.5 Å². The standard InChI is InChI=1S/C19H23N3O2/c23-16-6-3-9-21(14-16)10-4-11-22-12-8-20-19(22)18-13-15-5-1-2-7-17(15)24-18/h1-2,5,7-8,12-13,16,23H,3-4,6,9-11,14H2/t16-/m1/s1. The summed E-state index contributed by atoms with van der Waals surface area (Å²) < 4.78 is 8.09. The minimum Gasteiger partial charge on any atom is -0.453 e. The number of para-hydroxylation sites is 1. The summed E-state index contributed by atoms with van der Waals surface area (Å²) in [6.07, 6.45) is 6.75. The van der Waals surface area contributed by atoms with E-state index in [-0.39, 0.29) is 6.10 Å². The highest BCUT2D eigenvalue weighted by Crippen LogP contribution is 2.26. The summed E-state index contributed by atoms with van der Waals surface area (Å²) in [6, 6.07) is 10.1. The number of rotatable bonds is 5. The molecule has 0 spiro atoms. The van der Waals surface area contributed by atoms with Gasteiger partial charge in [-0.1, -0.05) is 18.2 Å². The first-order valence-electron chi connectivity index (χ1n) is 8.70. The van der Waals surface area contributed by atoms with Crippen LogP contribution in [0.2, 0.25) is 0 Å². The van der Waals surface area contributed by atoms with Gasteiger partial charge in [0.15, 0.2) is 11.6 Å². The largest absolute Gasteiger partial charge is 0.453 e. The topological polar surface area (TPSA) is 54.4 Å². The molecule has 1 aliphatic rings. The summed E-state index contributed by atoms with van der Waals surface area (Å²) >= 11 is 0.